The fourth-order valence-corrected chi connectivity index (χ4v) is 1.81. The quantitative estimate of drug-likeness (QED) is 0.460. The molecule has 0 aromatic rings. The highest BCUT2D eigenvalue weighted by Gasteiger charge is 2.40. The second-order valence-corrected chi connectivity index (χ2v) is 3.09. The molecule has 1 saturated carbocycles. The summed E-state index contributed by atoms with van der Waals surface area (Å²) in [5, 5.41) is 0. The Labute approximate surface area is 50.0 Å². The van der Waals surface area contributed by atoms with Gasteiger partial charge in [-0.1, -0.05) is 6.92 Å². The summed E-state index contributed by atoms with van der Waals surface area (Å²) in [6, 6.07) is 0. The van der Waals surface area contributed by atoms with Gasteiger partial charge in [-0.25, -0.2) is 0 Å². The van der Waals surface area contributed by atoms with Gasteiger partial charge in [-0.15, -0.1) is 0 Å². The molecule has 0 radical (unpaired) electrons. The summed E-state index contributed by atoms with van der Waals surface area (Å²) >= 11 is 0. The number of hydrogen-bond donors (Lipinski definition) is 0. The van der Waals surface area contributed by atoms with Crippen LogP contribution in [0.3, 0.4) is 0 Å². The van der Waals surface area contributed by atoms with Crippen molar-refractivity contribution in [1.82, 2.24) is 0 Å². The van der Waals surface area contributed by atoms with Crippen LogP contribution in [0.1, 0.15) is 19.8 Å². The summed E-state index contributed by atoms with van der Waals surface area (Å²) < 4.78 is 5.33. The Morgan fingerprint density at radius 3 is 2.50 bits per heavy atom. The molecule has 1 heterocycles. The molecule has 0 aromatic carbocycles. The van der Waals surface area contributed by atoms with Crippen molar-refractivity contribution in [3.63, 3.8) is 0 Å². The highest BCUT2D eigenvalue weighted by molar-refractivity contribution is 4.89. The molecule has 1 aliphatic heterocycles. The minimum atomic E-state index is 0.671. The highest BCUT2D eigenvalue weighted by Crippen LogP contribution is 2.40. The maximum atomic E-state index is 5.33. The molecule has 2 fully saturated rings. The van der Waals surface area contributed by atoms with Gasteiger partial charge in [-0.2, -0.15) is 0 Å². The van der Waals surface area contributed by atoms with E-state index in [9.17, 15) is 0 Å². The zero-order valence-electron chi connectivity index (χ0n) is 5.26. The third-order valence-electron chi connectivity index (χ3n) is 2.62. The topological polar surface area (TPSA) is 9.23 Å². The Balaban J connectivity index is 2.05. The van der Waals surface area contributed by atoms with E-state index >= 15 is 0 Å². The number of hydrogen-bond acceptors (Lipinski definition) is 1. The largest absolute Gasteiger partial charge is 0.377 e. The highest BCUT2D eigenvalue weighted by atomic mass is 16.5. The van der Waals surface area contributed by atoms with E-state index in [0.717, 1.165) is 18.4 Å². The zero-order valence-corrected chi connectivity index (χ0v) is 5.26. The van der Waals surface area contributed by atoms with E-state index in [2.05, 4.69) is 6.92 Å². The monoisotopic (exact) mass is 112 g/mol. The van der Waals surface area contributed by atoms with E-state index < -0.39 is 0 Å². The van der Waals surface area contributed by atoms with Gasteiger partial charge in [0.25, 0.3) is 0 Å². The molecule has 46 valence electrons. The first-order valence-electron chi connectivity index (χ1n) is 3.49. The molecule has 0 N–H and O–H groups in total. The summed E-state index contributed by atoms with van der Waals surface area (Å²) in [4.78, 5) is 0. The molecule has 1 nitrogen and oxygen atoms in total. The zero-order chi connectivity index (χ0) is 5.56. The molecule has 0 bridgehead atoms. The first kappa shape index (κ1) is 4.80. The van der Waals surface area contributed by atoms with Crippen molar-refractivity contribution in [3.8, 4) is 0 Å². The van der Waals surface area contributed by atoms with Crippen LogP contribution < -0.4 is 0 Å². The Morgan fingerprint density at radius 2 is 2.25 bits per heavy atom. The van der Waals surface area contributed by atoms with Crippen LogP contribution in [-0.2, 0) is 4.74 Å². The second-order valence-electron chi connectivity index (χ2n) is 3.09. The molecule has 0 amide bonds. The van der Waals surface area contributed by atoms with Gasteiger partial charge < -0.3 is 4.74 Å². The molecular weight excluding hydrogens is 100 g/mol. The minimum absolute atomic E-state index is 0.671. The summed E-state index contributed by atoms with van der Waals surface area (Å²) in [5.74, 6) is 1.89. The normalized spacial score (nSPS) is 52.9. The second kappa shape index (κ2) is 1.47. The van der Waals surface area contributed by atoms with E-state index in [1.165, 1.54) is 12.8 Å². The Kier molecular flexibility index (Phi) is 0.884. The lowest BCUT2D eigenvalue weighted by atomic mass is 9.94. The van der Waals surface area contributed by atoms with E-state index in [1.807, 2.05) is 0 Å². The summed E-state index contributed by atoms with van der Waals surface area (Å²) in [6.07, 6.45) is 3.39. The lowest BCUT2D eigenvalue weighted by Crippen LogP contribution is -2.37. The molecule has 1 saturated heterocycles. The SMILES string of the molecule is CC1CCC2OCC12. The van der Waals surface area contributed by atoms with Crippen LogP contribution >= 0.6 is 0 Å². The van der Waals surface area contributed by atoms with Gasteiger partial charge in [-0.05, 0) is 18.8 Å². The minimum Gasteiger partial charge on any atom is -0.377 e. The molecule has 3 unspecified atom stereocenters. The van der Waals surface area contributed by atoms with Gasteiger partial charge in [0.2, 0.25) is 0 Å². The van der Waals surface area contributed by atoms with Crippen LogP contribution in [0.2, 0.25) is 0 Å². The number of ether oxygens (including phenoxy) is 1. The molecule has 8 heavy (non-hydrogen) atoms. The molecule has 0 aromatic heterocycles. The smallest absolute Gasteiger partial charge is 0.0628 e. The third-order valence-corrected chi connectivity index (χ3v) is 2.62. The van der Waals surface area contributed by atoms with Crippen LogP contribution in [0, 0.1) is 11.8 Å². The first-order chi connectivity index (χ1) is 3.88. The van der Waals surface area contributed by atoms with E-state index in [4.69, 9.17) is 4.74 Å². The van der Waals surface area contributed by atoms with Gasteiger partial charge >= 0.3 is 0 Å². The molecule has 1 heteroatoms. The molecule has 2 rings (SSSR count). The first-order valence-corrected chi connectivity index (χ1v) is 3.49. The molecule has 2 aliphatic rings. The van der Waals surface area contributed by atoms with E-state index in [1.54, 1.807) is 0 Å². The predicted molar refractivity (Wildman–Crippen MR) is 31.6 cm³/mol. The maximum Gasteiger partial charge on any atom is 0.0628 e. The van der Waals surface area contributed by atoms with Crippen LogP contribution in [0.15, 0.2) is 0 Å². The van der Waals surface area contributed by atoms with Crippen molar-refractivity contribution in [3.05, 3.63) is 0 Å². The van der Waals surface area contributed by atoms with Crippen molar-refractivity contribution < 1.29 is 4.74 Å². The third kappa shape index (κ3) is 0.455. The Morgan fingerprint density at radius 1 is 1.38 bits per heavy atom. The van der Waals surface area contributed by atoms with Gasteiger partial charge in [0.05, 0.1) is 12.7 Å². The Bertz CT molecular complexity index is 94.6. The van der Waals surface area contributed by atoms with E-state index in [-0.39, 0.29) is 0 Å². The molecular formula is C7H12O. The number of fused-ring (bicyclic) bond motifs is 1. The number of rotatable bonds is 0. The standard InChI is InChI=1S/C7H12O/c1-5-2-3-7-6(5)4-8-7/h5-7H,2-4H2,1H3. The molecule has 1 aliphatic carbocycles. The van der Waals surface area contributed by atoms with Gasteiger partial charge in [0.15, 0.2) is 0 Å². The fourth-order valence-electron chi connectivity index (χ4n) is 1.81. The van der Waals surface area contributed by atoms with Crippen molar-refractivity contribution >= 4 is 0 Å². The van der Waals surface area contributed by atoms with Crippen LogP contribution in [0.4, 0.5) is 0 Å². The van der Waals surface area contributed by atoms with Crippen LogP contribution in [-0.4, -0.2) is 12.7 Å². The van der Waals surface area contributed by atoms with Gasteiger partial charge in [0.1, 0.15) is 0 Å². The van der Waals surface area contributed by atoms with Crippen molar-refractivity contribution in [1.29, 1.82) is 0 Å². The summed E-state index contributed by atoms with van der Waals surface area (Å²) in [6.45, 7) is 3.39. The lowest BCUT2D eigenvalue weighted by molar-refractivity contribution is -0.106. The van der Waals surface area contributed by atoms with Crippen molar-refractivity contribution in [2.45, 2.75) is 25.9 Å². The van der Waals surface area contributed by atoms with Gasteiger partial charge in [-0.3, -0.25) is 0 Å². The van der Waals surface area contributed by atoms with Gasteiger partial charge in [0, 0.05) is 5.92 Å². The molecule has 3 atom stereocenters. The maximum absolute atomic E-state index is 5.33. The van der Waals surface area contributed by atoms with Crippen molar-refractivity contribution in [2.24, 2.45) is 11.8 Å². The average molecular weight is 112 g/mol. The fraction of sp³-hybridized carbons (Fsp3) is 1.00. The predicted octanol–water partition coefficient (Wildman–Crippen LogP) is 1.43. The molecule has 0 spiro atoms. The van der Waals surface area contributed by atoms with Crippen molar-refractivity contribution in [2.75, 3.05) is 6.61 Å². The average Bonchev–Trinajstić information content (AvgIpc) is 1.80. The Hall–Kier alpha value is -0.0400. The summed E-state index contributed by atoms with van der Waals surface area (Å²) in [7, 11) is 0. The summed E-state index contributed by atoms with van der Waals surface area (Å²) in [5.41, 5.74) is 0. The van der Waals surface area contributed by atoms with E-state index in [0.29, 0.717) is 6.10 Å². The van der Waals surface area contributed by atoms with Crippen LogP contribution in [0.5, 0.6) is 0 Å². The van der Waals surface area contributed by atoms with Crippen LogP contribution in [0.25, 0.3) is 0 Å². The lowest BCUT2D eigenvalue weighted by Gasteiger charge is -2.33.